The minimum Gasteiger partial charge on any atom is -0.321 e. The van der Waals surface area contributed by atoms with E-state index in [0.29, 0.717) is 27.4 Å². The van der Waals surface area contributed by atoms with Gasteiger partial charge in [0, 0.05) is 33.2 Å². The van der Waals surface area contributed by atoms with E-state index in [1.165, 1.54) is 58.3 Å². The molecule has 0 fully saturated rings. The molecule has 1 unspecified atom stereocenters. The Morgan fingerprint density at radius 2 is 1.74 bits per heavy atom. The molecule has 0 aliphatic heterocycles. The molecule has 1 heterocycles. The lowest BCUT2D eigenvalue weighted by molar-refractivity contribution is -0.384. The molecule has 3 aromatic carbocycles. The van der Waals surface area contributed by atoms with Crippen LogP contribution in [0.5, 0.6) is 0 Å². The van der Waals surface area contributed by atoms with E-state index in [-0.39, 0.29) is 17.3 Å². The number of carbonyl (C=O) groups is 3. The lowest BCUT2D eigenvalue weighted by Crippen LogP contribution is -2.30. The minimum absolute atomic E-state index is 0.0690. The van der Waals surface area contributed by atoms with E-state index in [1.54, 1.807) is 55.5 Å². The minimum atomic E-state index is -0.610. The van der Waals surface area contributed by atoms with Crippen LogP contribution in [0.4, 0.5) is 16.4 Å². The highest BCUT2D eigenvalue weighted by Crippen LogP contribution is 2.38. The number of amides is 3. The van der Waals surface area contributed by atoms with Crippen molar-refractivity contribution in [2.45, 2.75) is 42.8 Å². The molecule has 3 amide bonds. The van der Waals surface area contributed by atoms with Gasteiger partial charge in [-0.25, -0.2) is 0 Å². The number of thiophene rings is 1. The zero-order valence-corrected chi connectivity index (χ0v) is 26.4. The number of nitro benzene ring substituents is 1. The summed E-state index contributed by atoms with van der Waals surface area (Å²) in [7, 11) is 0. The molecule has 46 heavy (non-hydrogen) atoms. The van der Waals surface area contributed by atoms with Crippen molar-refractivity contribution in [1.29, 1.82) is 5.26 Å². The molecule has 3 N–H and O–H groups in total. The zero-order valence-electron chi connectivity index (χ0n) is 24.7. The average Bonchev–Trinajstić information content (AvgIpc) is 3.42. The molecule has 1 atom stereocenters. The van der Waals surface area contributed by atoms with Gasteiger partial charge in [-0.1, -0.05) is 24.3 Å². The van der Waals surface area contributed by atoms with Gasteiger partial charge in [-0.3, -0.25) is 24.5 Å². The van der Waals surface area contributed by atoms with Crippen LogP contribution in [0.25, 0.3) is 6.08 Å². The third-order valence-corrected chi connectivity index (χ3v) is 9.54. The summed E-state index contributed by atoms with van der Waals surface area (Å²) in [5.41, 5.74) is 2.70. The lowest BCUT2D eigenvalue weighted by Gasteiger charge is -2.14. The molecule has 12 heteroatoms. The number of fused-ring (bicyclic) bond motifs is 1. The number of hydrogen-bond donors (Lipinski definition) is 3. The fourth-order valence-electron chi connectivity index (χ4n) is 4.89. The van der Waals surface area contributed by atoms with E-state index in [1.807, 2.05) is 6.07 Å². The van der Waals surface area contributed by atoms with Crippen molar-refractivity contribution in [3.63, 3.8) is 0 Å². The van der Waals surface area contributed by atoms with Crippen LogP contribution in [0.3, 0.4) is 0 Å². The monoisotopic (exact) mass is 651 g/mol. The number of nitriles is 1. The zero-order chi connectivity index (χ0) is 32.6. The summed E-state index contributed by atoms with van der Waals surface area (Å²) in [5.74, 6) is -1.34. The SMILES string of the molecule is CC(Sc1cccc(NC(=O)/C(=C\c2ccc([N+](=O)[O-])cc2)NC(=O)c2ccccc2)c1)C(=O)Nc1sc2c(c1C#N)CCCC2. The topological polar surface area (TPSA) is 154 Å². The Labute approximate surface area is 273 Å². The van der Waals surface area contributed by atoms with Gasteiger partial charge in [-0.15, -0.1) is 23.1 Å². The van der Waals surface area contributed by atoms with E-state index in [4.69, 9.17) is 0 Å². The fourth-order valence-corrected chi connectivity index (χ4v) is 7.06. The molecule has 1 aliphatic rings. The number of rotatable bonds is 10. The van der Waals surface area contributed by atoms with Crippen molar-refractivity contribution in [3.05, 3.63) is 122 Å². The predicted octanol–water partition coefficient (Wildman–Crippen LogP) is 6.94. The van der Waals surface area contributed by atoms with Crippen molar-refractivity contribution >= 4 is 63.3 Å². The quantitative estimate of drug-likeness (QED) is 0.0727. The van der Waals surface area contributed by atoms with Crippen LogP contribution in [0.1, 0.15) is 51.7 Å². The lowest BCUT2D eigenvalue weighted by atomic mass is 9.96. The average molecular weight is 652 g/mol. The van der Waals surface area contributed by atoms with Crippen molar-refractivity contribution < 1.29 is 19.3 Å². The second-order valence-corrected chi connectivity index (χ2v) is 13.0. The molecule has 0 saturated carbocycles. The number of benzene rings is 3. The number of non-ortho nitro benzene ring substituents is 1. The van der Waals surface area contributed by atoms with Crippen molar-refractivity contribution in [3.8, 4) is 6.07 Å². The highest BCUT2D eigenvalue weighted by atomic mass is 32.2. The number of carbonyl (C=O) groups excluding carboxylic acids is 3. The first kappa shape index (κ1) is 32.2. The Kier molecular flexibility index (Phi) is 10.3. The molecule has 4 aromatic rings. The highest BCUT2D eigenvalue weighted by Gasteiger charge is 2.24. The van der Waals surface area contributed by atoms with E-state index < -0.39 is 22.0 Å². The molecule has 1 aliphatic carbocycles. The molecule has 10 nitrogen and oxygen atoms in total. The number of thioether (sulfide) groups is 1. The largest absolute Gasteiger partial charge is 0.321 e. The Morgan fingerprint density at radius 1 is 1.00 bits per heavy atom. The van der Waals surface area contributed by atoms with Crippen molar-refractivity contribution in [2.24, 2.45) is 0 Å². The summed E-state index contributed by atoms with van der Waals surface area (Å²) in [6.07, 6.45) is 5.34. The van der Waals surface area contributed by atoms with Gasteiger partial charge in [0.2, 0.25) is 5.91 Å². The maximum atomic E-state index is 13.4. The Bertz CT molecular complexity index is 1860. The first-order valence-corrected chi connectivity index (χ1v) is 16.2. The van der Waals surface area contributed by atoms with E-state index >= 15 is 0 Å². The fraction of sp³-hybridized carbons (Fsp3) is 0.176. The standard InChI is InChI=1S/C34H29N5O5S2/c1-21(31(40)38-34-28(20-35)27-12-5-6-13-30(27)46-34)45-26-11-7-10-24(19-26)36-33(42)29(37-32(41)23-8-3-2-4-9-23)18-22-14-16-25(17-15-22)39(43)44/h2-4,7-11,14-19,21H,5-6,12-13H2,1H3,(H,36,42)(H,37,41)(H,38,40)/b29-18+. The normalized spacial score (nSPS) is 13.1. The summed E-state index contributed by atoms with van der Waals surface area (Å²) in [5, 5.41) is 29.3. The van der Waals surface area contributed by atoms with Gasteiger partial charge in [0.25, 0.3) is 17.5 Å². The van der Waals surface area contributed by atoms with Crippen LogP contribution < -0.4 is 16.0 Å². The predicted molar refractivity (Wildman–Crippen MR) is 180 cm³/mol. The summed E-state index contributed by atoms with van der Waals surface area (Å²) in [6, 6.07) is 23.2. The first-order valence-electron chi connectivity index (χ1n) is 14.5. The first-order chi connectivity index (χ1) is 22.2. The molecular weight excluding hydrogens is 623 g/mol. The number of aryl methyl sites for hydroxylation is 1. The van der Waals surface area contributed by atoms with Gasteiger partial charge >= 0.3 is 0 Å². The molecule has 5 rings (SSSR count). The molecule has 0 saturated heterocycles. The third kappa shape index (κ3) is 7.87. The van der Waals surface area contributed by atoms with Crippen LogP contribution in [-0.4, -0.2) is 27.9 Å². The number of nitro groups is 1. The highest BCUT2D eigenvalue weighted by molar-refractivity contribution is 8.00. The van der Waals surface area contributed by atoms with Gasteiger partial charge in [0.1, 0.15) is 16.8 Å². The molecule has 0 spiro atoms. The van der Waals surface area contributed by atoms with Gasteiger partial charge < -0.3 is 16.0 Å². The Hall–Kier alpha value is -5.25. The number of nitrogens with one attached hydrogen (secondary N) is 3. The molecule has 232 valence electrons. The summed E-state index contributed by atoms with van der Waals surface area (Å²) < 4.78 is 0. The maximum Gasteiger partial charge on any atom is 0.272 e. The van der Waals surface area contributed by atoms with Crippen molar-refractivity contribution in [1.82, 2.24) is 5.32 Å². The number of nitrogens with zero attached hydrogens (tertiary/aromatic N) is 2. The van der Waals surface area contributed by atoms with E-state index in [2.05, 4.69) is 22.0 Å². The van der Waals surface area contributed by atoms with Gasteiger partial charge in [-0.05, 0) is 92.3 Å². The van der Waals surface area contributed by atoms with Crippen LogP contribution in [0.15, 0.2) is 89.5 Å². The molecule has 0 radical (unpaired) electrons. The Morgan fingerprint density at radius 3 is 2.46 bits per heavy atom. The molecule has 1 aromatic heterocycles. The second kappa shape index (κ2) is 14.7. The summed E-state index contributed by atoms with van der Waals surface area (Å²) >= 11 is 2.78. The van der Waals surface area contributed by atoms with E-state index in [9.17, 15) is 29.8 Å². The number of anilines is 2. The Balaban J connectivity index is 1.29. The van der Waals surface area contributed by atoms with Crippen LogP contribution in [-0.2, 0) is 22.4 Å². The van der Waals surface area contributed by atoms with Crippen LogP contribution >= 0.6 is 23.1 Å². The van der Waals surface area contributed by atoms with Crippen molar-refractivity contribution in [2.75, 3.05) is 10.6 Å². The summed E-state index contributed by atoms with van der Waals surface area (Å²) in [4.78, 5) is 51.9. The van der Waals surface area contributed by atoms with Crippen LogP contribution in [0, 0.1) is 21.4 Å². The molecule has 0 bridgehead atoms. The summed E-state index contributed by atoms with van der Waals surface area (Å²) in [6.45, 7) is 1.77. The second-order valence-electron chi connectivity index (χ2n) is 10.5. The maximum absolute atomic E-state index is 13.4. The van der Waals surface area contributed by atoms with Gasteiger partial charge in [-0.2, -0.15) is 5.26 Å². The smallest absolute Gasteiger partial charge is 0.272 e. The molecular formula is C34H29N5O5S2. The third-order valence-electron chi connectivity index (χ3n) is 7.24. The van der Waals surface area contributed by atoms with Gasteiger partial charge in [0.05, 0.1) is 15.7 Å². The number of hydrogen-bond acceptors (Lipinski definition) is 8. The van der Waals surface area contributed by atoms with E-state index in [0.717, 1.165) is 36.1 Å². The van der Waals surface area contributed by atoms with Gasteiger partial charge in [0.15, 0.2) is 0 Å². The van der Waals surface area contributed by atoms with Crippen LogP contribution in [0.2, 0.25) is 0 Å².